The first kappa shape index (κ1) is 17.9. The maximum Gasteiger partial charge on any atom is 0.293 e. The van der Waals surface area contributed by atoms with Gasteiger partial charge in [-0.15, -0.1) is 0 Å². The minimum absolute atomic E-state index is 0.0847. The Morgan fingerprint density at radius 1 is 1.32 bits per heavy atom. The molecule has 0 atom stereocenters. The van der Waals surface area contributed by atoms with Crippen LogP contribution < -0.4 is 10.6 Å². The third-order valence-corrected chi connectivity index (χ3v) is 3.66. The minimum Gasteiger partial charge on any atom is -0.371 e. The number of nitrogens with one attached hydrogen (secondary N) is 2. The van der Waals surface area contributed by atoms with Crippen molar-refractivity contribution in [2.24, 2.45) is 0 Å². The van der Waals surface area contributed by atoms with Crippen LogP contribution in [-0.2, 0) is 14.6 Å². The van der Waals surface area contributed by atoms with E-state index in [0.29, 0.717) is 0 Å². The Morgan fingerprint density at radius 3 is 2.36 bits per heavy atom. The lowest BCUT2D eigenvalue weighted by Crippen LogP contribution is -2.43. The monoisotopic (exact) mass is 329 g/mol. The number of sulfone groups is 1. The molecule has 0 saturated carbocycles. The zero-order chi connectivity index (χ0) is 17.1. The standard InChI is InChI=1S/C13H19N3O5S/c1-13(2,3)15-12(17)8-14-10-6-5-9(22(4,20)21)7-11(10)16(18)19/h5-7,14H,8H2,1-4H3,(H,15,17). The van der Waals surface area contributed by atoms with Gasteiger partial charge in [0.1, 0.15) is 5.69 Å². The molecule has 1 rings (SSSR count). The van der Waals surface area contributed by atoms with Crippen LogP contribution in [0, 0.1) is 10.1 Å². The first-order valence-corrected chi connectivity index (χ1v) is 8.33. The second-order valence-electron chi connectivity index (χ2n) is 5.86. The van der Waals surface area contributed by atoms with Crippen LogP contribution in [0.5, 0.6) is 0 Å². The van der Waals surface area contributed by atoms with Crippen molar-refractivity contribution < 1.29 is 18.1 Å². The van der Waals surface area contributed by atoms with Gasteiger partial charge in [0.15, 0.2) is 9.84 Å². The summed E-state index contributed by atoms with van der Waals surface area (Å²) in [4.78, 5) is 21.9. The Kier molecular flexibility index (Phi) is 5.13. The zero-order valence-corrected chi connectivity index (χ0v) is 13.7. The van der Waals surface area contributed by atoms with E-state index in [0.717, 1.165) is 12.3 Å². The summed E-state index contributed by atoms with van der Waals surface area (Å²) < 4.78 is 22.9. The summed E-state index contributed by atoms with van der Waals surface area (Å²) in [6.45, 7) is 5.28. The number of carbonyl (C=O) groups excluding carboxylic acids is 1. The minimum atomic E-state index is -3.54. The second kappa shape index (κ2) is 6.30. The van der Waals surface area contributed by atoms with Crippen molar-refractivity contribution in [2.45, 2.75) is 31.2 Å². The number of anilines is 1. The molecule has 122 valence electrons. The lowest BCUT2D eigenvalue weighted by Gasteiger charge is -2.20. The normalized spacial score (nSPS) is 11.8. The van der Waals surface area contributed by atoms with Crippen molar-refractivity contribution in [3.05, 3.63) is 28.3 Å². The fraction of sp³-hybridized carbons (Fsp3) is 0.462. The van der Waals surface area contributed by atoms with Crippen molar-refractivity contribution in [1.82, 2.24) is 5.32 Å². The SMILES string of the molecule is CC(C)(C)NC(=O)CNc1ccc(S(C)(=O)=O)cc1[N+](=O)[O-]. The number of hydrogen-bond donors (Lipinski definition) is 2. The second-order valence-corrected chi connectivity index (χ2v) is 7.88. The van der Waals surface area contributed by atoms with Gasteiger partial charge in [-0.1, -0.05) is 0 Å². The van der Waals surface area contributed by atoms with Crippen LogP contribution in [0.15, 0.2) is 23.1 Å². The van der Waals surface area contributed by atoms with E-state index in [4.69, 9.17) is 0 Å². The molecule has 0 aliphatic carbocycles. The van der Waals surface area contributed by atoms with Gasteiger partial charge >= 0.3 is 0 Å². The van der Waals surface area contributed by atoms with Gasteiger partial charge in [-0.25, -0.2) is 8.42 Å². The molecule has 0 radical (unpaired) electrons. The predicted octanol–water partition coefficient (Wildman–Crippen LogP) is 1.32. The molecule has 0 aliphatic heterocycles. The van der Waals surface area contributed by atoms with Crippen LogP contribution in [-0.4, -0.2) is 37.6 Å². The third kappa shape index (κ3) is 5.32. The summed E-state index contributed by atoms with van der Waals surface area (Å²) in [7, 11) is -3.54. The van der Waals surface area contributed by atoms with Gasteiger partial charge < -0.3 is 10.6 Å². The van der Waals surface area contributed by atoms with Gasteiger partial charge in [-0.3, -0.25) is 14.9 Å². The molecule has 9 heteroatoms. The number of nitrogens with zero attached hydrogens (tertiary/aromatic N) is 1. The maximum absolute atomic E-state index is 11.7. The molecule has 0 heterocycles. The van der Waals surface area contributed by atoms with E-state index in [1.54, 1.807) is 0 Å². The Morgan fingerprint density at radius 2 is 1.91 bits per heavy atom. The van der Waals surface area contributed by atoms with Gasteiger partial charge in [0.2, 0.25) is 5.91 Å². The highest BCUT2D eigenvalue weighted by Crippen LogP contribution is 2.27. The van der Waals surface area contributed by atoms with Crippen molar-refractivity contribution in [1.29, 1.82) is 0 Å². The van der Waals surface area contributed by atoms with Gasteiger partial charge in [0.05, 0.1) is 16.4 Å². The lowest BCUT2D eigenvalue weighted by molar-refractivity contribution is -0.384. The Bertz CT molecular complexity index is 692. The Labute approximate surface area is 129 Å². The van der Waals surface area contributed by atoms with Crippen molar-refractivity contribution in [2.75, 3.05) is 18.1 Å². The van der Waals surface area contributed by atoms with Crippen molar-refractivity contribution in [3.8, 4) is 0 Å². The highest BCUT2D eigenvalue weighted by Gasteiger charge is 2.20. The molecule has 1 amide bonds. The van der Waals surface area contributed by atoms with Crippen molar-refractivity contribution >= 4 is 27.1 Å². The average Bonchev–Trinajstić information content (AvgIpc) is 2.32. The Hall–Kier alpha value is -2.16. The molecule has 0 unspecified atom stereocenters. The van der Waals surface area contributed by atoms with Crippen LogP contribution in [0.4, 0.5) is 11.4 Å². The number of nitro benzene ring substituents is 1. The smallest absolute Gasteiger partial charge is 0.293 e. The molecule has 1 aromatic rings. The molecule has 22 heavy (non-hydrogen) atoms. The molecule has 8 nitrogen and oxygen atoms in total. The van der Waals surface area contributed by atoms with E-state index in [-0.39, 0.29) is 23.0 Å². The predicted molar refractivity (Wildman–Crippen MR) is 82.6 cm³/mol. The van der Waals surface area contributed by atoms with Crippen LogP contribution >= 0.6 is 0 Å². The molecule has 0 fully saturated rings. The van der Waals surface area contributed by atoms with E-state index < -0.39 is 26.0 Å². The first-order valence-electron chi connectivity index (χ1n) is 6.43. The van der Waals surface area contributed by atoms with Gasteiger partial charge in [-0.05, 0) is 32.9 Å². The van der Waals surface area contributed by atoms with Crippen LogP contribution in [0.3, 0.4) is 0 Å². The van der Waals surface area contributed by atoms with Gasteiger partial charge in [0, 0.05) is 17.9 Å². The Balaban J connectivity index is 2.96. The quantitative estimate of drug-likeness (QED) is 0.621. The van der Waals surface area contributed by atoms with Crippen LogP contribution in [0.25, 0.3) is 0 Å². The largest absolute Gasteiger partial charge is 0.371 e. The number of hydrogen-bond acceptors (Lipinski definition) is 6. The molecular formula is C13H19N3O5S. The lowest BCUT2D eigenvalue weighted by atomic mass is 10.1. The molecular weight excluding hydrogens is 310 g/mol. The maximum atomic E-state index is 11.7. The third-order valence-electron chi connectivity index (χ3n) is 2.55. The summed E-state index contributed by atoms with van der Waals surface area (Å²) in [5.74, 6) is -0.325. The topological polar surface area (TPSA) is 118 Å². The number of nitro groups is 1. The van der Waals surface area contributed by atoms with E-state index in [2.05, 4.69) is 10.6 Å². The molecule has 0 saturated heterocycles. The summed E-state index contributed by atoms with van der Waals surface area (Å²) in [5, 5.41) is 16.4. The number of amides is 1. The van der Waals surface area contributed by atoms with Gasteiger partial charge in [0.25, 0.3) is 5.69 Å². The van der Waals surface area contributed by atoms with E-state index >= 15 is 0 Å². The zero-order valence-electron chi connectivity index (χ0n) is 12.8. The molecule has 0 spiro atoms. The first-order chi connectivity index (χ1) is 9.90. The van der Waals surface area contributed by atoms with Crippen LogP contribution in [0.2, 0.25) is 0 Å². The molecule has 0 aliphatic rings. The fourth-order valence-corrected chi connectivity index (χ4v) is 2.32. The van der Waals surface area contributed by atoms with E-state index in [1.807, 2.05) is 20.8 Å². The molecule has 1 aromatic carbocycles. The van der Waals surface area contributed by atoms with Gasteiger partial charge in [-0.2, -0.15) is 0 Å². The van der Waals surface area contributed by atoms with E-state index in [9.17, 15) is 23.3 Å². The number of carbonyl (C=O) groups is 1. The summed E-state index contributed by atoms with van der Waals surface area (Å²) in [6.07, 6.45) is 0.968. The van der Waals surface area contributed by atoms with Crippen LogP contribution in [0.1, 0.15) is 20.8 Å². The van der Waals surface area contributed by atoms with Crippen molar-refractivity contribution in [3.63, 3.8) is 0 Å². The summed E-state index contributed by atoms with van der Waals surface area (Å²) in [6, 6.07) is 3.50. The fourth-order valence-electron chi connectivity index (χ4n) is 1.68. The molecule has 0 aromatic heterocycles. The number of benzene rings is 1. The molecule has 2 N–H and O–H groups in total. The highest BCUT2D eigenvalue weighted by atomic mass is 32.2. The average molecular weight is 329 g/mol. The number of rotatable bonds is 5. The summed E-state index contributed by atoms with van der Waals surface area (Å²) in [5.41, 5.74) is -0.724. The molecule has 0 bridgehead atoms. The highest BCUT2D eigenvalue weighted by molar-refractivity contribution is 7.90. The summed E-state index contributed by atoms with van der Waals surface area (Å²) >= 11 is 0. The van der Waals surface area contributed by atoms with E-state index in [1.165, 1.54) is 12.1 Å².